The number of aromatic nitrogens is 1. The van der Waals surface area contributed by atoms with E-state index in [1.165, 1.54) is 23.9 Å². The van der Waals surface area contributed by atoms with Crippen molar-refractivity contribution in [3.05, 3.63) is 104 Å². The molecule has 3 aromatic carbocycles. The number of alkyl halides is 3. The normalized spacial score (nSPS) is 27.1. The number of carbonyl (C=O) groups is 3. The summed E-state index contributed by atoms with van der Waals surface area (Å²) in [6, 6.07) is 19.2. The third-order valence-corrected chi connectivity index (χ3v) is 12.7. The molecular weight excluding hydrogens is 664 g/mol. The first-order chi connectivity index (χ1) is 23.0. The van der Waals surface area contributed by atoms with E-state index in [4.69, 9.17) is 4.74 Å². The van der Waals surface area contributed by atoms with Crippen molar-refractivity contribution >= 4 is 52.2 Å². The second-order valence-electron chi connectivity index (χ2n) is 12.8. The molecule has 8 rings (SSSR count). The lowest BCUT2D eigenvalue weighted by atomic mass is 9.68. The Morgan fingerprint density at radius 1 is 0.979 bits per heavy atom. The van der Waals surface area contributed by atoms with E-state index in [-0.39, 0.29) is 52.0 Å². The number of fused-ring (bicyclic) bond motifs is 9. The van der Waals surface area contributed by atoms with E-state index in [0.717, 1.165) is 49.4 Å². The van der Waals surface area contributed by atoms with Gasteiger partial charge in [0.15, 0.2) is 6.61 Å². The minimum atomic E-state index is -4.61. The molecule has 2 bridgehead atoms. The van der Waals surface area contributed by atoms with Crippen molar-refractivity contribution < 1.29 is 32.3 Å². The van der Waals surface area contributed by atoms with Gasteiger partial charge in [0.2, 0.25) is 11.8 Å². The highest BCUT2D eigenvalue weighted by Gasteiger charge is 2.69. The number of imide groups is 1. The number of aromatic amines is 1. The van der Waals surface area contributed by atoms with E-state index in [9.17, 15) is 32.3 Å². The molecule has 1 saturated heterocycles. The van der Waals surface area contributed by atoms with Crippen LogP contribution < -0.4 is 19.8 Å². The molecule has 13 heteroatoms. The molecule has 2 aliphatic carbocycles. The predicted molar refractivity (Wildman–Crippen MR) is 174 cm³/mol. The minimum absolute atomic E-state index is 0.0626. The Bertz CT molecular complexity index is 2010. The molecule has 7 atom stereocenters. The molecule has 48 heavy (non-hydrogen) atoms. The van der Waals surface area contributed by atoms with Gasteiger partial charge in [-0.3, -0.25) is 24.1 Å². The Morgan fingerprint density at radius 3 is 2.40 bits per heavy atom. The summed E-state index contributed by atoms with van der Waals surface area (Å²) in [7, 11) is 0. The second kappa shape index (κ2) is 11.4. The molecule has 1 aromatic heterocycles. The fraction of sp³-hybridized carbons (Fsp3) is 0.314. The number of amides is 3. The average Bonchev–Trinajstić information content (AvgIpc) is 3.80. The van der Waals surface area contributed by atoms with E-state index in [2.05, 4.69) is 10.3 Å². The molecule has 3 fully saturated rings. The molecule has 0 radical (unpaired) electrons. The van der Waals surface area contributed by atoms with E-state index in [0.29, 0.717) is 17.9 Å². The van der Waals surface area contributed by atoms with Gasteiger partial charge in [0, 0.05) is 21.7 Å². The molecular formula is C35H28F3N3O5S2. The lowest BCUT2D eigenvalue weighted by Gasteiger charge is -2.43. The zero-order valence-electron chi connectivity index (χ0n) is 25.3. The number of benzene rings is 3. The van der Waals surface area contributed by atoms with E-state index in [1.54, 1.807) is 12.1 Å². The predicted octanol–water partition coefficient (Wildman–Crippen LogP) is 6.46. The lowest BCUT2D eigenvalue weighted by Crippen LogP contribution is -2.42. The van der Waals surface area contributed by atoms with Gasteiger partial charge in [0.05, 0.1) is 28.1 Å². The number of ether oxygens (including phenoxy) is 1. The molecule has 8 nitrogen and oxygen atoms in total. The maximum atomic E-state index is 13.9. The smallest absolute Gasteiger partial charge is 0.416 e. The SMILES string of the molecule is Cc1ccc(NC(=O)COc2ccc([C@@H]3c4sc(=O)[nH]c4S[C@@H]4[C@@H]5C[C@@H]([C@@H]6C(=O)N(c7cccc(C(F)(F)F)c7)C(=O)[C@@H]56)[C@H]34)cc2)cc1. The monoisotopic (exact) mass is 691 g/mol. The number of nitrogens with zero attached hydrogens (tertiary/aromatic N) is 1. The van der Waals surface area contributed by atoms with E-state index in [1.807, 2.05) is 43.3 Å². The minimum Gasteiger partial charge on any atom is -0.484 e. The summed E-state index contributed by atoms with van der Waals surface area (Å²) in [5.41, 5.74) is 1.68. The number of halogens is 3. The Labute approximate surface area is 280 Å². The molecule has 2 N–H and O–H groups in total. The van der Waals surface area contributed by atoms with Gasteiger partial charge in [0.25, 0.3) is 5.91 Å². The van der Waals surface area contributed by atoms with Crippen molar-refractivity contribution in [1.29, 1.82) is 0 Å². The zero-order chi connectivity index (χ0) is 33.5. The van der Waals surface area contributed by atoms with Crippen LogP contribution in [0.2, 0.25) is 0 Å². The summed E-state index contributed by atoms with van der Waals surface area (Å²) in [6.45, 7) is 1.77. The Hall–Kier alpha value is -4.36. The maximum absolute atomic E-state index is 13.9. The number of carbonyl (C=O) groups excluding carboxylic acids is 3. The first-order valence-corrected chi connectivity index (χ1v) is 17.2. The van der Waals surface area contributed by atoms with Gasteiger partial charge in [-0.1, -0.05) is 47.2 Å². The van der Waals surface area contributed by atoms with Crippen LogP contribution in [0.5, 0.6) is 5.75 Å². The fourth-order valence-corrected chi connectivity index (χ4v) is 11.1. The number of hydrogen-bond acceptors (Lipinski definition) is 7. The number of thioether (sulfide) groups is 1. The van der Waals surface area contributed by atoms with Crippen LogP contribution in [-0.4, -0.2) is 34.6 Å². The van der Waals surface area contributed by atoms with Crippen LogP contribution in [-0.2, 0) is 20.6 Å². The molecule has 246 valence electrons. The van der Waals surface area contributed by atoms with Gasteiger partial charge in [0.1, 0.15) is 5.75 Å². The highest BCUT2D eigenvalue weighted by molar-refractivity contribution is 8.00. The molecule has 2 aliphatic heterocycles. The van der Waals surface area contributed by atoms with Crippen molar-refractivity contribution in [3.8, 4) is 5.75 Å². The first kappa shape index (κ1) is 30.9. The fourth-order valence-electron chi connectivity index (χ4n) is 8.22. The molecule has 3 heterocycles. The van der Waals surface area contributed by atoms with Crippen molar-refractivity contribution in [2.24, 2.45) is 29.6 Å². The van der Waals surface area contributed by atoms with Gasteiger partial charge >= 0.3 is 11.0 Å². The first-order valence-electron chi connectivity index (χ1n) is 15.5. The maximum Gasteiger partial charge on any atom is 0.416 e. The molecule has 4 aromatic rings. The third-order valence-electron chi connectivity index (χ3n) is 10.1. The summed E-state index contributed by atoms with van der Waals surface area (Å²) in [4.78, 5) is 57.4. The summed E-state index contributed by atoms with van der Waals surface area (Å²) in [5.74, 6) is -2.68. The van der Waals surface area contributed by atoms with Crippen LogP contribution in [0.1, 0.15) is 33.9 Å². The van der Waals surface area contributed by atoms with Crippen molar-refractivity contribution in [2.45, 2.75) is 35.7 Å². The van der Waals surface area contributed by atoms with Gasteiger partial charge in [-0.15, -0.1) is 11.8 Å². The van der Waals surface area contributed by atoms with Crippen LogP contribution in [0.15, 0.2) is 82.6 Å². The molecule has 2 saturated carbocycles. The third kappa shape index (κ3) is 5.06. The highest BCUT2D eigenvalue weighted by Crippen LogP contribution is 2.68. The number of thiazole rings is 1. The van der Waals surface area contributed by atoms with Crippen molar-refractivity contribution in [2.75, 3.05) is 16.8 Å². The second-order valence-corrected chi connectivity index (χ2v) is 15.0. The number of H-pyrrole nitrogens is 1. The van der Waals surface area contributed by atoms with Gasteiger partial charge in [-0.25, -0.2) is 0 Å². The average molecular weight is 692 g/mol. The number of aryl methyl sites for hydroxylation is 1. The largest absolute Gasteiger partial charge is 0.484 e. The van der Waals surface area contributed by atoms with Crippen LogP contribution in [0.4, 0.5) is 24.5 Å². The summed E-state index contributed by atoms with van der Waals surface area (Å²) in [5, 5.41) is 3.48. The van der Waals surface area contributed by atoms with Gasteiger partial charge in [-0.05, 0) is 79.1 Å². The highest BCUT2D eigenvalue weighted by atomic mass is 32.2. The van der Waals surface area contributed by atoms with Crippen LogP contribution in [0.25, 0.3) is 0 Å². The molecule has 0 spiro atoms. The Morgan fingerprint density at radius 2 is 1.69 bits per heavy atom. The van der Waals surface area contributed by atoms with Crippen LogP contribution in [0.3, 0.4) is 0 Å². The van der Waals surface area contributed by atoms with Gasteiger partial charge in [-0.2, -0.15) is 13.2 Å². The van der Waals surface area contributed by atoms with Crippen molar-refractivity contribution in [3.63, 3.8) is 0 Å². The van der Waals surface area contributed by atoms with Crippen molar-refractivity contribution in [1.82, 2.24) is 4.98 Å². The zero-order valence-corrected chi connectivity index (χ0v) is 27.0. The summed E-state index contributed by atoms with van der Waals surface area (Å²) < 4.78 is 46.3. The standard InChI is InChI=1S/C35H28F3N3O5S2/c1-16-5-9-19(10-6-16)39-24(42)15-46-21-11-7-17(8-12-21)25-26-22-14-23(29(26)47-31-30(25)48-34(45)40-31)28-27(22)32(43)41(33(28)44)20-4-2-3-18(13-20)35(36,37)38/h2-13,22-23,25-29H,14-15H2,1H3,(H,39,42)(H,40,45)/t22-,23-,25+,26-,27+,28+,29-/m1/s1. The topological polar surface area (TPSA) is 109 Å². The lowest BCUT2D eigenvalue weighted by molar-refractivity contribution is -0.137. The number of nitrogens with one attached hydrogen (secondary N) is 2. The molecule has 0 unspecified atom stereocenters. The Kier molecular flexibility index (Phi) is 7.33. The number of hydrogen-bond donors (Lipinski definition) is 2. The summed E-state index contributed by atoms with van der Waals surface area (Å²) in [6.07, 6.45) is -3.96. The molecule has 4 aliphatic rings. The number of rotatable bonds is 6. The number of anilines is 2. The van der Waals surface area contributed by atoms with E-state index < -0.39 is 35.4 Å². The van der Waals surface area contributed by atoms with Crippen LogP contribution >= 0.6 is 23.1 Å². The summed E-state index contributed by atoms with van der Waals surface area (Å²) >= 11 is 2.67. The Balaban J connectivity index is 1.05. The molecule has 3 amide bonds. The van der Waals surface area contributed by atoms with Gasteiger partial charge < -0.3 is 15.0 Å². The van der Waals surface area contributed by atoms with E-state index >= 15 is 0 Å². The quantitative estimate of drug-likeness (QED) is 0.225. The van der Waals surface area contributed by atoms with Crippen LogP contribution in [0, 0.1) is 36.5 Å².